The van der Waals surface area contributed by atoms with Gasteiger partial charge in [-0.1, -0.05) is 23.4 Å². The van der Waals surface area contributed by atoms with E-state index >= 15 is 0 Å². The Labute approximate surface area is 97.2 Å². The summed E-state index contributed by atoms with van der Waals surface area (Å²) in [5.74, 6) is -0.0662. The molecule has 0 fully saturated rings. The number of ether oxygens (including phenoxy) is 1. The maximum absolute atomic E-state index is 11.1. The van der Waals surface area contributed by atoms with Crippen LogP contribution in [0.5, 0.6) is 0 Å². The van der Waals surface area contributed by atoms with Gasteiger partial charge in [0, 0.05) is 5.69 Å². The van der Waals surface area contributed by atoms with Crippen LogP contribution in [0.25, 0.3) is 0 Å². The number of hydrogen-bond acceptors (Lipinski definition) is 5. The fourth-order valence-corrected chi connectivity index (χ4v) is 1.90. The molecule has 0 aliphatic carbocycles. The molecule has 6 heteroatoms. The highest BCUT2D eigenvalue weighted by molar-refractivity contribution is 7.99. The lowest BCUT2D eigenvalue weighted by molar-refractivity contribution is -0.139. The number of carbonyl (C=O) groups is 1. The average Bonchev–Trinajstić information content (AvgIpc) is 2.14. The number of rotatable bonds is 4. The summed E-state index contributed by atoms with van der Waals surface area (Å²) in [4.78, 5) is 15.1. The van der Waals surface area contributed by atoms with Gasteiger partial charge in [-0.2, -0.15) is 0 Å². The molecule has 4 nitrogen and oxygen atoms in total. The first-order chi connectivity index (χ1) is 7.11. The summed E-state index contributed by atoms with van der Waals surface area (Å²) < 4.78 is 4.77. The van der Waals surface area contributed by atoms with E-state index in [9.17, 15) is 4.79 Å². The molecule has 0 radical (unpaired) electrons. The van der Waals surface area contributed by atoms with Crippen LogP contribution in [0.3, 0.4) is 0 Å². The molecule has 0 unspecified atom stereocenters. The van der Waals surface area contributed by atoms with Gasteiger partial charge < -0.3 is 10.5 Å². The van der Waals surface area contributed by atoms with Crippen molar-refractivity contribution in [1.82, 2.24) is 4.98 Å². The van der Waals surface area contributed by atoms with Gasteiger partial charge in [0.15, 0.2) is 0 Å². The second-order valence-corrected chi connectivity index (χ2v) is 4.04. The Morgan fingerprint density at radius 3 is 3.00 bits per heavy atom. The monoisotopic (exact) mass is 246 g/mol. The zero-order valence-corrected chi connectivity index (χ0v) is 9.77. The summed E-state index contributed by atoms with van der Waals surface area (Å²) in [7, 11) is 0. The number of esters is 1. The lowest BCUT2D eigenvalue weighted by Crippen LogP contribution is -2.06. The van der Waals surface area contributed by atoms with Gasteiger partial charge in [-0.3, -0.25) is 4.79 Å². The molecule has 0 saturated carbocycles. The number of nitrogens with zero attached hydrogens (tertiary/aromatic N) is 1. The molecule has 1 aromatic heterocycles. The minimum atomic E-state index is -0.275. The summed E-state index contributed by atoms with van der Waals surface area (Å²) in [6.07, 6.45) is 0. The highest BCUT2D eigenvalue weighted by Gasteiger charge is 2.05. The van der Waals surface area contributed by atoms with Crippen LogP contribution in [-0.2, 0) is 9.53 Å². The van der Waals surface area contributed by atoms with Gasteiger partial charge in [0.05, 0.1) is 12.4 Å². The third-order valence-corrected chi connectivity index (χ3v) is 2.51. The summed E-state index contributed by atoms with van der Waals surface area (Å²) in [6, 6.07) is 3.21. The Hall–Kier alpha value is -0.940. The summed E-state index contributed by atoms with van der Waals surface area (Å²) in [5, 5.41) is 0.939. The van der Waals surface area contributed by atoms with Gasteiger partial charge in [-0.05, 0) is 19.1 Å². The van der Waals surface area contributed by atoms with Crippen molar-refractivity contribution in [3.8, 4) is 0 Å². The van der Waals surface area contributed by atoms with Gasteiger partial charge in [0.2, 0.25) is 0 Å². The number of pyridine rings is 1. The van der Waals surface area contributed by atoms with Gasteiger partial charge in [0.1, 0.15) is 10.2 Å². The Balaban J connectivity index is 2.54. The van der Waals surface area contributed by atoms with Gasteiger partial charge >= 0.3 is 5.97 Å². The second-order valence-electron chi connectivity index (χ2n) is 2.66. The van der Waals surface area contributed by atoms with E-state index in [1.807, 2.05) is 0 Å². The van der Waals surface area contributed by atoms with E-state index in [4.69, 9.17) is 22.1 Å². The Morgan fingerprint density at radius 2 is 2.40 bits per heavy atom. The topological polar surface area (TPSA) is 65.2 Å². The summed E-state index contributed by atoms with van der Waals surface area (Å²) in [6.45, 7) is 2.14. The summed E-state index contributed by atoms with van der Waals surface area (Å²) >= 11 is 6.95. The maximum atomic E-state index is 11.1. The molecule has 0 spiro atoms. The molecular weight excluding hydrogens is 236 g/mol. The van der Waals surface area contributed by atoms with Crippen molar-refractivity contribution in [2.75, 3.05) is 18.1 Å². The predicted molar refractivity (Wildman–Crippen MR) is 61.0 cm³/mol. The number of thioether (sulfide) groups is 1. The van der Waals surface area contributed by atoms with Gasteiger partial charge in [0.25, 0.3) is 0 Å². The fourth-order valence-electron chi connectivity index (χ4n) is 0.901. The van der Waals surface area contributed by atoms with Gasteiger partial charge in [-0.15, -0.1) is 0 Å². The maximum Gasteiger partial charge on any atom is 0.316 e. The van der Waals surface area contributed by atoms with Crippen LogP contribution in [0.4, 0.5) is 5.69 Å². The molecule has 0 amide bonds. The lowest BCUT2D eigenvalue weighted by atomic mass is 10.4. The lowest BCUT2D eigenvalue weighted by Gasteiger charge is -2.02. The van der Waals surface area contributed by atoms with Crippen molar-refractivity contribution in [2.45, 2.75) is 11.9 Å². The largest absolute Gasteiger partial charge is 0.465 e. The molecule has 0 atom stereocenters. The zero-order valence-electron chi connectivity index (χ0n) is 8.20. The molecule has 0 bridgehead atoms. The first-order valence-electron chi connectivity index (χ1n) is 4.33. The number of anilines is 1. The van der Waals surface area contributed by atoms with Crippen LogP contribution >= 0.6 is 23.4 Å². The zero-order chi connectivity index (χ0) is 11.3. The number of hydrogen-bond donors (Lipinski definition) is 1. The van der Waals surface area contributed by atoms with Gasteiger partial charge in [-0.25, -0.2) is 4.98 Å². The number of aromatic nitrogens is 1. The molecule has 0 aromatic carbocycles. The molecule has 15 heavy (non-hydrogen) atoms. The molecule has 0 aliphatic rings. The number of nitrogen functional groups attached to an aromatic ring is 1. The van der Waals surface area contributed by atoms with Crippen molar-refractivity contribution in [1.29, 1.82) is 0 Å². The minimum absolute atomic E-state index is 0.209. The number of halogens is 1. The SMILES string of the molecule is CCOC(=O)CSc1cc(N)cc(Cl)n1. The Bertz CT molecular complexity index is 340. The normalized spacial score (nSPS) is 10.0. The van der Waals surface area contributed by atoms with E-state index in [1.165, 1.54) is 11.8 Å². The van der Waals surface area contributed by atoms with Crippen molar-refractivity contribution < 1.29 is 9.53 Å². The van der Waals surface area contributed by atoms with Crippen molar-refractivity contribution >= 4 is 35.0 Å². The average molecular weight is 247 g/mol. The molecule has 0 saturated heterocycles. The van der Waals surface area contributed by atoms with E-state index in [2.05, 4.69) is 4.98 Å². The van der Waals surface area contributed by atoms with Crippen LogP contribution in [0.15, 0.2) is 17.2 Å². The molecule has 1 rings (SSSR count). The van der Waals surface area contributed by atoms with Crippen molar-refractivity contribution in [3.05, 3.63) is 17.3 Å². The first kappa shape index (κ1) is 12.1. The predicted octanol–water partition coefficient (Wildman–Crippen LogP) is 1.97. The standard InChI is InChI=1S/C9H11ClN2O2S/c1-2-14-9(13)5-15-8-4-6(11)3-7(10)12-8/h3-4H,2,5H2,1H3,(H2,11,12). The van der Waals surface area contributed by atoms with Crippen LogP contribution in [0.2, 0.25) is 5.15 Å². The fraction of sp³-hybridized carbons (Fsp3) is 0.333. The van der Waals surface area contributed by atoms with E-state index in [0.29, 0.717) is 22.5 Å². The van der Waals surface area contributed by atoms with Crippen LogP contribution in [0.1, 0.15) is 6.92 Å². The Morgan fingerprint density at radius 1 is 1.67 bits per heavy atom. The quantitative estimate of drug-likeness (QED) is 0.500. The highest BCUT2D eigenvalue weighted by Crippen LogP contribution is 2.21. The smallest absolute Gasteiger partial charge is 0.316 e. The van der Waals surface area contributed by atoms with E-state index < -0.39 is 0 Å². The number of carbonyl (C=O) groups excluding carboxylic acids is 1. The minimum Gasteiger partial charge on any atom is -0.465 e. The molecular formula is C9H11ClN2O2S. The van der Waals surface area contributed by atoms with Crippen LogP contribution in [0, 0.1) is 0 Å². The van der Waals surface area contributed by atoms with Crippen molar-refractivity contribution in [3.63, 3.8) is 0 Å². The third kappa shape index (κ3) is 4.40. The second kappa shape index (κ2) is 5.82. The van der Waals surface area contributed by atoms with Crippen molar-refractivity contribution in [2.24, 2.45) is 0 Å². The van der Waals surface area contributed by atoms with E-state index in [1.54, 1.807) is 19.1 Å². The molecule has 0 aliphatic heterocycles. The van der Waals surface area contributed by atoms with E-state index in [0.717, 1.165) is 0 Å². The third-order valence-electron chi connectivity index (χ3n) is 1.44. The van der Waals surface area contributed by atoms with E-state index in [-0.39, 0.29) is 11.7 Å². The van der Waals surface area contributed by atoms with Crippen LogP contribution < -0.4 is 5.73 Å². The highest BCUT2D eigenvalue weighted by atomic mass is 35.5. The summed E-state index contributed by atoms with van der Waals surface area (Å²) in [5.41, 5.74) is 6.10. The Kier molecular flexibility index (Phi) is 4.71. The molecule has 82 valence electrons. The molecule has 1 aromatic rings. The first-order valence-corrected chi connectivity index (χ1v) is 5.69. The number of nitrogens with two attached hydrogens (primary N) is 1. The van der Waals surface area contributed by atoms with Crippen LogP contribution in [-0.4, -0.2) is 23.3 Å². The molecule has 1 heterocycles. The molecule has 2 N–H and O–H groups in total.